The number of nitrogens with zero attached hydrogens (tertiary/aromatic N) is 5. The largest absolute Gasteiger partial charge is 0.354 e. The Kier molecular flexibility index (Phi) is 6.56. The summed E-state index contributed by atoms with van der Waals surface area (Å²) < 4.78 is 0. The van der Waals surface area contributed by atoms with Gasteiger partial charge in [0.25, 0.3) is 5.91 Å². The zero-order valence-electron chi connectivity index (χ0n) is 16.7. The van der Waals surface area contributed by atoms with Crippen molar-refractivity contribution in [2.45, 2.75) is 20.0 Å². The molecule has 2 aromatic heterocycles. The summed E-state index contributed by atoms with van der Waals surface area (Å²) in [5, 5.41) is 13.1. The van der Waals surface area contributed by atoms with Crippen LogP contribution in [-0.4, -0.2) is 52.2 Å². The first-order chi connectivity index (χ1) is 14.6. The maximum atomic E-state index is 12.4. The minimum Gasteiger partial charge on any atom is -0.354 e. The molecule has 0 spiro atoms. The minimum atomic E-state index is -0.182. The Morgan fingerprint density at radius 3 is 2.57 bits per heavy atom. The number of amides is 1. The van der Waals surface area contributed by atoms with E-state index in [1.807, 2.05) is 43.3 Å². The summed E-state index contributed by atoms with van der Waals surface area (Å²) in [5.74, 6) is 0.764. The molecule has 9 heteroatoms. The van der Waals surface area contributed by atoms with Crippen molar-refractivity contribution >= 4 is 34.7 Å². The zero-order valence-corrected chi connectivity index (χ0v) is 18.3. The third kappa shape index (κ3) is 5.33. The average Bonchev–Trinajstić information content (AvgIpc) is 3.23. The van der Waals surface area contributed by atoms with Gasteiger partial charge in [-0.05, 0) is 24.6 Å². The molecule has 30 heavy (non-hydrogen) atoms. The van der Waals surface area contributed by atoms with Crippen molar-refractivity contribution in [3.63, 3.8) is 0 Å². The first-order valence-electron chi connectivity index (χ1n) is 9.82. The maximum Gasteiger partial charge on any atom is 0.282 e. The molecule has 1 aliphatic rings. The molecule has 7 nitrogen and oxygen atoms in total. The summed E-state index contributed by atoms with van der Waals surface area (Å²) in [4.78, 5) is 21.3. The first-order valence-corrected chi connectivity index (χ1v) is 11.0. The van der Waals surface area contributed by atoms with Crippen molar-refractivity contribution in [3.05, 3.63) is 68.8 Å². The molecule has 0 saturated carbocycles. The van der Waals surface area contributed by atoms with Crippen molar-refractivity contribution in [1.29, 1.82) is 0 Å². The van der Waals surface area contributed by atoms with Crippen LogP contribution in [0.2, 0.25) is 5.02 Å². The van der Waals surface area contributed by atoms with Crippen LogP contribution in [0.15, 0.2) is 42.6 Å². The standard InChI is InChI=1S/C21H23ClN6OS/c1-15-2-4-16(5-3-15)12-24-20(29)21-26-25-19(30-21)14-27-8-10-28(11-9-27)18-7-6-17(22)13-23-18/h2-7,13H,8-12,14H2,1H3,(H,24,29). The molecule has 156 valence electrons. The van der Waals surface area contributed by atoms with Gasteiger partial charge in [0.1, 0.15) is 10.8 Å². The Bertz CT molecular complexity index is 983. The molecule has 1 aromatic carbocycles. The maximum absolute atomic E-state index is 12.4. The second kappa shape index (κ2) is 9.51. The summed E-state index contributed by atoms with van der Waals surface area (Å²) in [6, 6.07) is 11.9. The number of aryl methyl sites for hydroxylation is 1. The highest BCUT2D eigenvalue weighted by Crippen LogP contribution is 2.18. The molecule has 1 amide bonds. The van der Waals surface area contributed by atoms with Gasteiger partial charge in [-0.2, -0.15) is 0 Å². The van der Waals surface area contributed by atoms with Crippen LogP contribution in [-0.2, 0) is 13.1 Å². The van der Waals surface area contributed by atoms with Gasteiger partial charge in [0, 0.05) is 38.9 Å². The van der Waals surface area contributed by atoms with Gasteiger partial charge in [-0.15, -0.1) is 10.2 Å². The summed E-state index contributed by atoms with van der Waals surface area (Å²) in [6.45, 7) is 6.80. The lowest BCUT2D eigenvalue weighted by molar-refractivity contribution is 0.0950. The molecule has 1 N–H and O–H groups in total. The van der Waals surface area contributed by atoms with Gasteiger partial charge in [0.05, 0.1) is 11.6 Å². The number of carbonyl (C=O) groups excluding carboxylic acids is 1. The van der Waals surface area contributed by atoms with E-state index in [2.05, 4.69) is 30.3 Å². The number of hydrogen-bond acceptors (Lipinski definition) is 7. The van der Waals surface area contributed by atoms with Crippen LogP contribution in [0.25, 0.3) is 0 Å². The molecule has 1 fully saturated rings. The molecule has 1 saturated heterocycles. The Morgan fingerprint density at radius 2 is 1.87 bits per heavy atom. The number of hydrogen-bond donors (Lipinski definition) is 1. The number of carbonyl (C=O) groups is 1. The highest BCUT2D eigenvalue weighted by Gasteiger charge is 2.20. The lowest BCUT2D eigenvalue weighted by Gasteiger charge is -2.34. The Morgan fingerprint density at radius 1 is 1.10 bits per heavy atom. The number of benzene rings is 1. The lowest BCUT2D eigenvalue weighted by Crippen LogP contribution is -2.46. The average molecular weight is 443 g/mol. The first kappa shape index (κ1) is 20.7. The molecule has 0 unspecified atom stereocenters. The Labute approximate surface area is 184 Å². The van der Waals surface area contributed by atoms with Crippen molar-refractivity contribution in [1.82, 2.24) is 25.4 Å². The van der Waals surface area contributed by atoms with E-state index in [1.54, 1.807) is 6.20 Å². The van der Waals surface area contributed by atoms with Crippen LogP contribution in [0.4, 0.5) is 5.82 Å². The Hall–Kier alpha value is -2.55. The third-order valence-corrected chi connectivity index (χ3v) is 6.13. The van der Waals surface area contributed by atoms with Crippen LogP contribution < -0.4 is 10.2 Å². The summed E-state index contributed by atoms with van der Waals surface area (Å²) in [6.07, 6.45) is 1.68. The van der Waals surface area contributed by atoms with Gasteiger partial charge in [-0.3, -0.25) is 9.69 Å². The molecule has 0 atom stereocenters. The van der Waals surface area contributed by atoms with Crippen LogP contribution in [0, 0.1) is 6.92 Å². The number of anilines is 1. The summed E-state index contributed by atoms with van der Waals surface area (Å²) >= 11 is 7.27. The number of nitrogens with one attached hydrogen (secondary N) is 1. The monoisotopic (exact) mass is 442 g/mol. The number of aromatic nitrogens is 3. The van der Waals surface area contributed by atoms with Gasteiger partial charge < -0.3 is 10.2 Å². The van der Waals surface area contributed by atoms with Gasteiger partial charge in [0.15, 0.2) is 0 Å². The van der Waals surface area contributed by atoms with Crippen LogP contribution in [0.1, 0.15) is 25.9 Å². The highest BCUT2D eigenvalue weighted by molar-refractivity contribution is 7.13. The number of rotatable bonds is 6. The fourth-order valence-corrected chi connectivity index (χ4v) is 4.16. The topological polar surface area (TPSA) is 74.2 Å². The predicted octanol–water partition coefficient (Wildman–Crippen LogP) is 3.15. The van der Waals surface area contributed by atoms with E-state index in [0.29, 0.717) is 23.1 Å². The number of halogens is 1. The smallest absolute Gasteiger partial charge is 0.282 e. The molecule has 3 heterocycles. The van der Waals surface area contributed by atoms with Gasteiger partial charge in [-0.1, -0.05) is 52.8 Å². The predicted molar refractivity (Wildman–Crippen MR) is 119 cm³/mol. The summed E-state index contributed by atoms with van der Waals surface area (Å²) in [7, 11) is 0. The van der Waals surface area contributed by atoms with E-state index in [0.717, 1.165) is 42.6 Å². The lowest BCUT2D eigenvalue weighted by atomic mass is 10.1. The quantitative estimate of drug-likeness (QED) is 0.632. The van der Waals surface area contributed by atoms with E-state index in [-0.39, 0.29) is 5.91 Å². The van der Waals surface area contributed by atoms with E-state index >= 15 is 0 Å². The fourth-order valence-electron chi connectivity index (χ4n) is 3.25. The van der Waals surface area contributed by atoms with Crippen LogP contribution >= 0.6 is 22.9 Å². The molecule has 0 aliphatic carbocycles. The molecular weight excluding hydrogens is 420 g/mol. The molecule has 1 aliphatic heterocycles. The van der Waals surface area contributed by atoms with Gasteiger partial charge >= 0.3 is 0 Å². The van der Waals surface area contributed by atoms with Gasteiger partial charge in [0.2, 0.25) is 5.01 Å². The van der Waals surface area contributed by atoms with Crippen LogP contribution in [0.5, 0.6) is 0 Å². The molecule has 0 radical (unpaired) electrons. The summed E-state index contributed by atoms with van der Waals surface area (Å²) in [5.41, 5.74) is 2.26. The van der Waals surface area contributed by atoms with Crippen molar-refractivity contribution in [2.75, 3.05) is 31.1 Å². The van der Waals surface area contributed by atoms with Crippen LogP contribution in [0.3, 0.4) is 0 Å². The van der Waals surface area contributed by atoms with Crippen molar-refractivity contribution in [3.8, 4) is 0 Å². The van der Waals surface area contributed by atoms with Crippen molar-refractivity contribution < 1.29 is 4.79 Å². The Balaban J connectivity index is 1.26. The highest BCUT2D eigenvalue weighted by atomic mass is 35.5. The van der Waals surface area contributed by atoms with E-state index < -0.39 is 0 Å². The molecule has 3 aromatic rings. The second-order valence-corrected chi connectivity index (χ2v) is 8.77. The zero-order chi connectivity index (χ0) is 20.9. The number of piperazine rings is 1. The molecule has 0 bridgehead atoms. The number of pyridine rings is 1. The van der Waals surface area contributed by atoms with E-state index in [1.165, 1.54) is 16.9 Å². The third-order valence-electron chi connectivity index (χ3n) is 5.00. The molecule has 4 rings (SSSR count). The van der Waals surface area contributed by atoms with E-state index in [4.69, 9.17) is 11.6 Å². The van der Waals surface area contributed by atoms with Crippen molar-refractivity contribution in [2.24, 2.45) is 0 Å². The second-order valence-electron chi connectivity index (χ2n) is 7.27. The van der Waals surface area contributed by atoms with E-state index in [9.17, 15) is 4.79 Å². The molecular formula is C21H23ClN6OS. The minimum absolute atomic E-state index is 0.182. The normalized spacial score (nSPS) is 14.7. The van der Waals surface area contributed by atoms with Gasteiger partial charge in [-0.25, -0.2) is 4.98 Å². The fraction of sp³-hybridized carbons (Fsp3) is 0.333. The SMILES string of the molecule is Cc1ccc(CNC(=O)c2nnc(CN3CCN(c4ccc(Cl)cn4)CC3)s2)cc1.